The van der Waals surface area contributed by atoms with Crippen molar-refractivity contribution >= 4 is 17.8 Å². The van der Waals surface area contributed by atoms with E-state index in [1.54, 1.807) is 11.8 Å². The summed E-state index contributed by atoms with van der Waals surface area (Å²) >= 11 is 1.69. The summed E-state index contributed by atoms with van der Waals surface area (Å²) in [5.41, 5.74) is 3.48. The molecule has 0 atom stereocenters. The van der Waals surface area contributed by atoms with Crippen molar-refractivity contribution < 1.29 is 0 Å². The van der Waals surface area contributed by atoms with Crippen molar-refractivity contribution in [3.05, 3.63) is 65.4 Å². The molecule has 1 heterocycles. The zero-order valence-corrected chi connectivity index (χ0v) is 17.0. The Hall–Kier alpha value is -2.05. The lowest BCUT2D eigenvalue weighted by Crippen LogP contribution is -2.49. The summed E-state index contributed by atoms with van der Waals surface area (Å²) < 4.78 is 0. The molecule has 0 aliphatic heterocycles. The van der Waals surface area contributed by atoms with E-state index in [2.05, 4.69) is 48.6 Å². The van der Waals surface area contributed by atoms with E-state index in [9.17, 15) is 5.26 Å². The molecule has 142 valence electrons. The summed E-state index contributed by atoms with van der Waals surface area (Å²) in [7, 11) is 0. The van der Waals surface area contributed by atoms with Crippen molar-refractivity contribution in [1.82, 2.24) is 4.98 Å². The van der Waals surface area contributed by atoms with Gasteiger partial charge in [0.05, 0.1) is 5.56 Å². The van der Waals surface area contributed by atoms with Crippen LogP contribution in [0.3, 0.4) is 0 Å². The van der Waals surface area contributed by atoms with Gasteiger partial charge < -0.3 is 0 Å². The van der Waals surface area contributed by atoms with E-state index in [0.717, 1.165) is 28.5 Å². The minimum atomic E-state index is 0.290. The van der Waals surface area contributed by atoms with Gasteiger partial charge in [-0.1, -0.05) is 42.5 Å². The molecular formula is C25H26N2S. The Kier molecular flexibility index (Phi) is 4.77. The maximum Gasteiger partial charge on any atom is 0.114 e. The second kappa shape index (κ2) is 7.41. The maximum absolute atomic E-state index is 9.56. The number of thioether (sulfide) groups is 1. The van der Waals surface area contributed by atoms with Gasteiger partial charge in [0.25, 0.3) is 0 Å². The van der Waals surface area contributed by atoms with Gasteiger partial charge in [-0.05, 0) is 74.0 Å². The van der Waals surface area contributed by atoms with Gasteiger partial charge >= 0.3 is 0 Å². The van der Waals surface area contributed by atoms with Gasteiger partial charge in [0.15, 0.2) is 0 Å². The quantitative estimate of drug-likeness (QED) is 0.572. The van der Waals surface area contributed by atoms with Crippen LogP contribution in [-0.2, 0) is 5.41 Å². The molecule has 2 aromatic rings. The summed E-state index contributed by atoms with van der Waals surface area (Å²) in [5, 5.41) is 10.5. The standard InChI is InChI=1S/C25H26N2S/c26-17-22-8-9-23(25-14-19-11-20(15-25)13-21(12-19)16-25)27-24(22)28-10-4-7-18-5-2-1-3-6-18/h1-9,19-21H,10-16H2/b7-4-. The van der Waals surface area contributed by atoms with Crippen molar-refractivity contribution in [2.75, 3.05) is 5.75 Å². The van der Waals surface area contributed by atoms with Gasteiger partial charge in [-0.25, -0.2) is 4.98 Å². The molecule has 4 aliphatic carbocycles. The molecule has 4 fully saturated rings. The summed E-state index contributed by atoms with van der Waals surface area (Å²) in [6.45, 7) is 0. The van der Waals surface area contributed by atoms with Gasteiger partial charge in [0, 0.05) is 16.9 Å². The fourth-order valence-electron chi connectivity index (χ4n) is 6.23. The van der Waals surface area contributed by atoms with Crippen LogP contribution in [0.25, 0.3) is 6.08 Å². The smallest absolute Gasteiger partial charge is 0.114 e. The second-order valence-electron chi connectivity index (χ2n) is 8.98. The van der Waals surface area contributed by atoms with Crippen LogP contribution in [0.4, 0.5) is 0 Å². The van der Waals surface area contributed by atoms with Crippen LogP contribution in [0.2, 0.25) is 0 Å². The third-order valence-electron chi connectivity index (χ3n) is 6.99. The minimum absolute atomic E-state index is 0.290. The van der Waals surface area contributed by atoms with Crippen LogP contribution in [0.15, 0.2) is 53.6 Å². The van der Waals surface area contributed by atoms with Crippen LogP contribution in [-0.4, -0.2) is 10.7 Å². The van der Waals surface area contributed by atoms with E-state index in [4.69, 9.17) is 4.98 Å². The predicted molar refractivity (Wildman–Crippen MR) is 115 cm³/mol. The predicted octanol–water partition coefficient (Wildman–Crippen LogP) is 6.23. The number of aromatic nitrogens is 1. The van der Waals surface area contributed by atoms with E-state index in [-0.39, 0.29) is 5.41 Å². The average molecular weight is 387 g/mol. The molecule has 6 rings (SSSR count). The lowest BCUT2D eigenvalue weighted by molar-refractivity contribution is -0.00744. The Balaban J connectivity index is 1.35. The first kappa shape index (κ1) is 18.0. The van der Waals surface area contributed by atoms with Crippen molar-refractivity contribution in [3.8, 4) is 6.07 Å². The van der Waals surface area contributed by atoms with E-state index >= 15 is 0 Å². The normalized spacial score (nSPS) is 30.6. The molecular weight excluding hydrogens is 360 g/mol. The molecule has 4 aliphatic rings. The fourth-order valence-corrected chi connectivity index (χ4v) is 7.01. The Labute approximate surface area is 172 Å². The van der Waals surface area contributed by atoms with Gasteiger partial charge in [0.1, 0.15) is 11.1 Å². The number of nitriles is 1. The molecule has 2 nitrogen and oxygen atoms in total. The molecule has 28 heavy (non-hydrogen) atoms. The van der Waals surface area contributed by atoms with Gasteiger partial charge in [-0.3, -0.25) is 0 Å². The number of hydrogen-bond acceptors (Lipinski definition) is 3. The highest BCUT2D eigenvalue weighted by molar-refractivity contribution is 7.99. The molecule has 1 aromatic carbocycles. The van der Waals surface area contributed by atoms with E-state index in [1.807, 2.05) is 12.1 Å². The molecule has 4 saturated carbocycles. The van der Waals surface area contributed by atoms with Crippen LogP contribution in [0.5, 0.6) is 0 Å². The molecule has 0 radical (unpaired) electrons. The molecule has 0 N–H and O–H groups in total. The van der Waals surface area contributed by atoms with Gasteiger partial charge in [-0.2, -0.15) is 5.26 Å². The second-order valence-corrected chi connectivity index (χ2v) is 9.99. The third kappa shape index (κ3) is 3.40. The minimum Gasteiger partial charge on any atom is -0.245 e. The SMILES string of the molecule is N#Cc1ccc(C23CC4CC(CC(C4)C2)C3)nc1SC/C=C\c1ccccc1. The first-order chi connectivity index (χ1) is 13.7. The molecule has 0 saturated heterocycles. The number of rotatable bonds is 5. The number of pyridine rings is 1. The Bertz CT molecular complexity index is 890. The number of hydrogen-bond donors (Lipinski definition) is 0. The molecule has 0 unspecified atom stereocenters. The van der Waals surface area contributed by atoms with Crippen molar-refractivity contribution in [3.63, 3.8) is 0 Å². The molecule has 0 amide bonds. The van der Waals surface area contributed by atoms with E-state index in [1.165, 1.54) is 49.8 Å². The summed E-state index contributed by atoms with van der Waals surface area (Å²) in [6, 6.07) is 16.9. The number of nitrogens with zero attached hydrogens (tertiary/aromatic N) is 2. The molecule has 3 heteroatoms. The van der Waals surface area contributed by atoms with Crippen LogP contribution >= 0.6 is 11.8 Å². The number of benzene rings is 1. The first-order valence-corrected chi connectivity index (χ1v) is 11.5. The highest BCUT2D eigenvalue weighted by Gasteiger charge is 2.52. The van der Waals surface area contributed by atoms with Gasteiger partial charge in [-0.15, -0.1) is 11.8 Å². The van der Waals surface area contributed by atoms with Crippen LogP contribution < -0.4 is 0 Å². The largest absolute Gasteiger partial charge is 0.245 e. The molecule has 1 aromatic heterocycles. The topological polar surface area (TPSA) is 36.7 Å². The lowest BCUT2D eigenvalue weighted by Gasteiger charge is -2.56. The van der Waals surface area contributed by atoms with Crippen molar-refractivity contribution in [2.24, 2.45) is 17.8 Å². The Morgan fingerprint density at radius 1 is 1.00 bits per heavy atom. The summed E-state index contributed by atoms with van der Waals surface area (Å²) in [4.78, 5) is 5.08. The van der Waals surface area contributed by atoms with Crippen LogP contribution in [0, 0.1) is 29.1 Å². The average Bonchev–Trinajstić information content (AvgIpc) is 2.71. The fraction of sp³-hybridized carbons (Fsp3) is 0.440. The monoisotopic (exact) mass is 386 g/mol. The van der Waals surface area contributed by atoms with Crippen molar-refractivity contribution in [2.45, 2.75) is 49.0 Å². The first-order valence-electron chi connectivity index (χ1n) is 10.5. The summed E-state index contributed by atoms with van der Waals surface area (Å²) in [5.74, 6) is 3.57. The van der Waals surface area contributed by atoms with E-state index < -0.39 is 0 Å². The highest BCUT2D eigenvalue weighted by Crippen LogP contribution is 2.60. The third-order valence-corrected chi connectivity index (χ3v) is 7.93. The zero-order valence-electron chi connectivity index (χ0n) is 16.2. The maximum atomic E-state index is 9.56. The van der Waals surface area contributed by atoms with E-state index in [0.29, 0.717) is 5.56 Å². The highest BCUT2D eigenvalue weighted by atomic mass is 32.2. The van der Waals surface area contributed by atoms with Crippen LogP contribution in [0.1, 0.15) is 55.3 Å². The Morgan fingerprint density at radius 3 is 2.32 bits per heavy atom. The molecule has 0 spiro atoms. The zero-order chi connectivity index (χ0) is 19.0. The van der Waals surface area contributed by atoms with Gasteiger partial charge in [0.2, 0.25) is 0 Å². The summed E-state index contributed by atoms with van der Waals surface area (Å²) in [6.07, 6.45) is 12.6. The Morgan fingerprint density at radius 2 is 1.68 bits per heavy atom. The van der Waals surface area contributed by atoms with Crippen molar-refractivity contribution in [1.29, 1.82) is 5.26 Å². The lowest BCUT2D eigenvalue weighted by atomic mass is 9.49. The molecule has 4 bridgehead atoms.